The molecule has 1 unspecified atom stereocenters. The van der Waals surface area contributed by atoms with Gasteiger partial charge in [0.25, 0.3) is 0 Å². The highest BCUT2D eigenvalue weighted by Gasteiger charge is 2.16. The Labute approximate surface area is 116 Å². The number of nitrogens with one attached hydrogen (secondary N) is 1. The van der Waals surface area contributed by atoms with E-state index in [1.165, 1.54) is 0 Å². The van der Waals surface area contributed by atoms with Gasteiger partial charge in [0.1, 0.15) is 0 Å². The lowest BCUT2D eigenvalue weighted by Gasteiger charge is -2.18. The van der Waals surface area contributed by atoms with Crippen molar-refractivity contribution in [3.05, 3.63) is 22.2 Å². The summed E-state index contributed by atoms with van der Waals surface area (Å²) < 4.78 is 11.8. The summed E-state index contributed by atoms with van der Waals surface area (Å²) in [5, 5.41) is 12.9. The molecule has 2 N–H and O–H groups in total. The first kappa shape index (κ1) is 15.3. The molecule has 0 amide bonds. The number of aliphatic hydroxyl groups excluding tert-OH is 1. The maximum absolute atomic E-state index is 10.0. The molecule has 0 aliphatic carbocycles. The molecule has 1 aromatic rings. The van der Waals surface area contributed by atoms with Gasteiger partial charge in [0.2, 0.25) is 0 Å². The standard InChI is InChI=1S/C13H20BrNO3/c1-8(2)18-13-6-10(14)9(5-12(13)17-4)11(16)7-15-3/h5-6,8,11,15-16H,7H2,1-4H3. The first-order valence-electron chi connectivity index (χ1n) is 5.86. The highest BCUT2D eigenvalue weighted by Crippen LogP contribution is 2.36. The lowest BCUT2D eigenvalue weighted by atomic mass is 10.1. The van der Waals surface area contributed by atoms with Crippen LogP contribution < -0.4 is 14.8 Å². The van der Waals surface area contributed by atoms with Crippen LogP contribution in [0.4, 0.5) is 0 Å². The summed E-state index contributed by atoms with van der Waals surface area (Å²) >= 11 is 3.45. The van der Waals surface area contributed by atoms with E-state index in [9.17, 15) is 5.11 Å². The Hall–Kier alpha value is -0.780. The molecule has 0 saturated carbocycles. The van der Waals surface area contributed by atoms with Crippen LogP contribution in [0.3, 0.4) is 0 Å². The van der Waals surface area contributed by atoms with E-state index < -0.39 is 6.10 Å². The first-order chi connectivity index (χ1) is 8.49. The molecule has 0 saturated heterocycles. The van der Waals surface area contributed by atoms with Crippen molar-refractivity contribution < 1.29 is 14.6 Å². The Balaban J connectivity index is 3.09. The number of benzene rings is 1. The molecule has 1 aromatic carbocycles. The maximum Gasteiger partial charge on any atom is 0.162 e. The van der Waals surface area contributed by atoms with Gasteiger partial charge in [-0.1, -0.05) is 15.9 Å². The van der Waals surface area contributed by atoms with E-state index in [0.29, 0.717) is 18.0 Å². The van der Waals surface area contributed by atoms with Crippen molar-refractivity contribution in [3.8, 4) is 11.5 Å². The predicted octanol–water partition coefficient (Wildman–Crippen LogP) is 2.50. The quantitative estimate of drug-likeness (QED) is 0.846. The normalized spacial score (nSPS) is 12.6. The average molecular weight is 318 g/mol. The monoisotopic (exact) mass is 317 g/mol. The Bertz CT molecular complexity index is 396. The van der Waals surface area contributed by atoms with Crippen molar-refractivity contribution in [3.63, 3.8) is 0 Å². The third kappa shape index (κ3) is 3.86. The maximum atomic E-state index is 10.0. The van der Waals surface area contributed by atoms with E-state index in [0.717, 1.165) is 10.0 Å². The highest BCUT2D eigenvalue weighted by molar-refractivity contribution is 9.10. The van der Waals surface area contributed by atoms with Crippen molar-refractivity contribution >= 4 is 15.9 Å². The zero-order chi connectivity index (χ0) is 13.7. The Morgan fingerprint density at radius 1 is 1.33 bits per heavy atom. The summed E-state index contributed by atoms with van der Waals surface area (Å²) in [6.07, 6.45) is -0.523. The summed E-state index contributed by atoms with van der Waals surface area (Å²) in [7, 11) is 3.38. The smallest absolute Gasteiger partial charge is 0.162 e. The third-order valence-corrected chi connectivity index (χ3v) is 3.09. The number of methoxy groups -OCH3 is 1. The zero-order valence-corrected chi connectivity index (χ0v) is 12.7. The minimum Gasteiger partial charge on any atom is -0.493 e. The van der Waals surface area contributed by atoms with Gasteiger partial charge in [-0.15, -0.1) is 0 Å². The molecule has 0 aromatic heterocycles. The summed E-state index contributed by atoms with van der Waals surface area (Å²) in [5.41, 5.74) is 0.775. The van der Waals surface area contributed by atoms with Crippen LogP contribution >= 0.6 is 15.9 Å². The van der Waals surface area contributed by atoms with Crippen molar-refractivity contribution in [2.75, 3.05) is 20.7 Å². The Morgan fingerprint density at radius 2 is 2.00 bits per heavy atom. The fraction of sp³-hybridized carbons (Fsp3) is 0.538. The fourth-order valence-electron chi connectivity index (χ4n) is 1.62. The summed E-state index contributed by atoms with van der Waals surface area (Å²) in [4.78, 5) is 0. The van der Waals surface area contributed by atoms with Gasteiger partial charge in [-0.25, -0.2) is 0 Å². The molecule has 4 nitrogen and oxygen atoms in total. The Kier molecular flexibility index (Phi) is 5.91. The lowest BCUT2D eigenvalue weighted by molar-refractivity contribution is 0.176. The summed E-state index contributed by atoms with van der Waals surface area (Å²) in [5.74, 6) is 1.29. The minimum atomic E-state index is -0.591. The number of halogens is 1. The zero-order valence-electron chi connectivity index (χ0n) is 11.2. The van der Waals surface area contributed by atoms with Crippen LogP contribution in [0.2, 0.25) is 0 Å². The van der Waals surface area contributed by atoms with Crippen LogP contribution in [-0.4, -0.2) is 31.9 Å². The molecule has 0 heterocycles. The van der Waals surface area contributed by atoms with Gasteiger partial charge in [-0.3, -0.25) is 0 Å². The third-order valence-electron chi connectivity index (χ3n) is 2.40. The molecule has 1 atom stereocenters. The highest BCUT2D eigenvalue weighted by atomic mass is 79.9. The molecule has 5 heteroatoms. The number of hydrogen-bond donors (Lipinski definition) is 2. The van der Waals surface area contributed by atoms with Crippen LogP contribution in [0.25, 0.3) is 0 Å². The molecule has 0 bridgehead atoms. The van der Waals surface area contributed by atoms with Gasteiger partial charge in [0, 0.05) is 11.0 Å². The van der Waals surface area contributed by atoms with Crippen LogP contribution in [0.5, 0.6) is 11.5 Å². The number of ether oxygens (including phenoxy) is 2. The van der Waals surface area contributed by atoms with E-state index in [4.69, 9.17) is 9.47 Å². The van der Waals surface area contributed by atoms with E-state index in [1.807, 2.05) is 19.9 Å². The van der Waals surface area contributed by atoms with Crippen molar-refractivity contribution in [2.24, 2.45) is 0 Å². The van der Waals surface area contributed by atoms with E-state index in [1.54, 1.807) is 20.2 Å². The lowest BCUT2D eigenvalue weighted by Crippen LogP contribution is -2.17. The molecule has 0 aliphatic rings. The van der Waals surface area contributed by atoms with Gasteiger partial charge in [-0.2, -0.15) is 0 Å². The molecule has 0 spiro atoms. The number of likely N-dealkylation sites (N-methyl/N-ethyl adjacent to an activating group) is 1. The van der Waals surface area contributed by atoms with E-state index in [2.05, 4.69) is 21.2 Å². The van der Waals surface area contributed by atoms with Gasteiger partial charge in [-0.05, 0) is 38.6 Å². The van der Waals surface area contributed by atoms with Gasteiger partial charge in [0.15, 0.2) is 11.5 Å². The molecule has 0 aliphatic heterocycles. The summed E-state index contributed by atoms with van der Waals surface area (Å²) in [6.45, 7) is 4.39. The second-order valence-electron chi connectivity index (χ2n) is 4.26. The van der Waals surface area contributed by atoms with E-state index in [-0.39, 0.29) is 6.10 Å². The average Bonchev–Trinajstić information content (AvgIpc) is 2.28. The van der Waals surface area contributed by atoms with Crippen LogP contribution in [-0.2, 0) is 0 Å². The second-order valence-corrected chi connectivity index (χ2v) is 5.12. The molecule has 0 fully saturated rings. The SMILES string of the molecule is CNCC(O)c1cc(OC)c(OC(C)C)cc1Br. The van der Waals surface area contributed by atoms with Crippen LogP contribution in [0.15, 0.2) is 16.6 Å². The molecule has 0 radical (unpaired) electrons. The van der Waals surface area contributed by atoms with E-state index >= 15 is 0 Å². The van der Waals surface area contributed by atoms with Gasteiger partial charge >= 0.3 is 0 Å². The Morgan fingerprint density at radius 3 is 2.50 bits per heavy atom. The number of hydrogen-bond acceptors (Lipinski definition) is 4. The first-order valence-corrected chi connectivity index (χ1v) is 6.65. The fourth-order valence-corrected chi connectivity index (χ4v) is 2.20. The largest absolute Gasteiger partial charge is 0.493 e. The second kappa shape index (κ2) is 6.97. The van der Waals surface area contributed by atoms with Crippen molar-refractivity contribution in [1.29, 1.82) is 0 Å². The minimum absolute atomic E-state index is 0.0684. The number of rotatable bonds is 6. The number of aliphatic hydroxyl groups is 1. The molecule has 1 rings (SSSR count). The van der Waals surface area contributed by atoms with Gasteiger partial charge in [0.05, 0.1) is 19.3 Å². The van der Waals surface area contributed by atoms with Crippen molar-refractivity contribution in [2.45, 2.75) is 26.1 Å². The topological polar surface area (TPSA) is 50.7 Å². The predicted molar refractivity (Wildman–Crippen MR) is 75.3 cm³/mol. The molecule has 18 heavy (non-hydrogen) atoms. The van der Waals surface area contributed by atoms with Crippen LogP contribution in [0, 0.1) is 0 Å². The van der Waals surface area contributed by atoms with Crippen molar-refractivity contribution in [1.82, 2.24) is 5.32 Å². The molecule has 102 valence electrons. The molecular formula is C13H20BrNO3. The summed E-state index contributed by atoms with van der Waals surface area (Å²) in [6, 6.07) is 3.62. The van der Waals surface area contributed by atoms with Gasteiger partial charge < -0.3 is 19.9 Å². The molecular weight excluding hydrogens is 298 g/mol. The van der Waals surface area contributed by atoms with Crippen LogP contribution in [0.1, 0.15) is 25.5 Å².